The van der Waals surface area contributed by atoms with E-state index in [0.717, 1.165) is 16.7 Å². The van der Waals surface area contributed by atoms with Crippen LogP contribution in [-0.2, 0) is 6.42 Å². The summed E-state index contributed by atoms with van der Waals surface area (Å²) in [6, 6.07) is 11.6. The second-order valence-corrected chi connectivity index (χ2v) is 5.02. The topological polar surface area (TPSA) is 55.1 Å². The number of amides is 1. The van der Waals surface area contributed by atoms with Crippen molar-refractivity contribution in [1.29, 1.82) is 0 Å². The quantitative estimate of drug-likeness (QED) is 0.804. The molecular weight excluding hydrogens is 283 g/mol. The number of nitrogens with zero attached hydrogens (tertiary/aromatic N) is 1. The van der Waals surface area contributed by atoms with Gasteiger partial charge in [0, 0.05) is 13.0 Å². The van der Waals surface area contributed by atoms with Crippen molar-refractivity contribution in [2.24, 2.45) is 0 Å². The third-order valence-corrected chi connectivity index (χ3v) is 3.41. The molecule has 3 aromatic rings. The highest BCUT2D eigenvalue weighted by Gasteiger charge is 2.11. The molecule has 0 aliphatic carbocycles. The molecule has 2 aromatic carbocycles. The Morgan fingerprint density at radius 1 is 1.23 bits per heavy atom. The summed E-state index contributed by atoms with van der Waals surface area (Å²) in [5.74, 6) is -0.416. The Hall–Kier alpha value is -2.69. The van der Waals surface area contributed by atoms with E-state index in [1.165, 1.54) is 12.1 Å². The van der Waals surface area contributed by atoms with E-state index in [1.54, 1.807) is 12.1 Å². The summed E-state index contributed by atoms with van der Waals surface area (Å²) < 4.78 is 19.1. The number of carbonyl (C=O) groups excluding carboxylic acids is 1. The van der Waals surface area contributed by atoms with Crippen LogP contribution in [0.25, 0.3) is 11.1 Å². The number of benzene rings is 2. The van der Waals surface area contributed by atoms with Crippen LogP contribution in [0.2, 0.25) is 0 Å². The molecule has 0 aliphatic heterocycles. The lowest BCUT2D eigenvalue weighted by Gasteiger charge is -2.04. The minimum atomic E-state index is -0.530. The van der Waals surface area contributed by atoms with Gasteiger partial charge in [0.1, 0.15) is 11.3 Å². The average molecular weight is 298 g/mol. The monoisotopic (exact) mass is 298 g/mol. The molecule has 4 nitrogen and oxygen atoms in total. The van der Waals surface area contributed by atoms with Gasteiger partial charge in [-0.25, -0.2) is 9.37 Å². The number of halogens is 1. The van der Waals surface area contributed by atoms with Gasteiger partial charge in [0.15, 0.2) is 11.5 Å². The lowest BCUT2D eigenvalue weighted by atomic mass is 10.2. The van der Waals surface area contributed by atoms with Gasteiger partial charge in [0.2, 0.25) is 0 Å². The molecule has 0 bridgehead atoms. The number of carbonyl (C=O) groups is 1. The smallest absolute Gasteiger partial charge is 0.254 e. The minimum Gasteiger partial charge on any atom is -0.441 e. The van der Waals surface area contributed by atoms with Gasteiger partial charge in [0.05, 0.1) is 5.56 Å². The number of para-hydroxylation sites is 1. The largest absolute Gasteiger partial charge is 0.441 e. The van der Waals surface area contributed by atoms with Crippen LogP contribution < -0.4 is 5.32 Å². The number of nitrogens with one attached hydrogen (secondary N) is 1. The molecule has 1 N–H and O–H groups in total. The Kier molecular flexibility index (Phi) is 3.87. The number of fused-ring (bicyclic) bond motifs is 1. The summed E-state index contributed by atoms with van der Waals surface area (Å²) in [4.78, 5) is 16.3. The zero-order valence-electron chi connectivity index (χ0n) is 12.1. The first-order valence-corrected chi connectivity index (χ1v) is 7.03. The van der Waals surface area contributed by atoms with Crippen LogP contribution in [0.1, 0.15) is 21.8 Å². The fraction of sp³-hybridized carbons (Fsp3) is 0.176. The van der Waals surface area contributed by atoms with Crippen molar-refractivity contribution in [1.82, 2.24) is 10.3 Å². The summed E-state index contributed by atoms with van der Waals surface area (Å²) in [5, 5.41) is 2.67. The first-order valence-electron chi connectivity index (χ1n) is 7.03. The Balaban J connectivity index is 1.64. The van der Waals surface area contributed by atoms with Gasteiger partial charge >= 0.3 is 0 Å². The summed E-state index contributed by atoms with van der Waals surface area (Å²) in [7, 11) is 0. The van der Waals surface area contributed by atoms with Gasteiger partial charge in [0.25, 0.3) is 5.91 Å². The highest BCUT2D eigenvalue weighted by atomic mass is 19.1. The average Bonchev–Trinajstić information content (AvgIpc) is 2.92. The van der Waals surface area contributed by atoms with Gasteiger partial charge < -0.3 is 9.73 Å². The van der Waals surface area contributed by atoms with Crippen molar-refractivity contribution < 1.29 is 13.6 Å². The minimum absolute atomic E-state index is 0.0379. The molecule has 0 spiro atoms. The van der Waals surface area contributed by atoms with Crippen molar-refractivity contribution in [2.75, 3.05) is 6.54 Å². The molecule has 1 heterocycles. The van der Waals surface area contributed by atoms with E-state index < -0.39 is 11.7 Å². The second-order valence-electron chi connectivity index (χ2n) is 5.02. The molecule has 0 fully saturated rings. The predicted octanol–water partition coefficient (Wildman–Crippen LogP) is 3.25. The van der Waals surface area contributed by atoms with E-state index in [9.17, 15) is 9.18 Å². The fourth-order valence-corrected chi connectivity index (χ4v) is 2.26. The standard InChI is InChI=1S/C17H15FN2O2/c1-11-5-4-8-14-16(11)20-15(22-14)9-10-19-17(21)12-6-2-3-7-13(12)18/h2-8H,9-10H2,1H3,(H,19,21). The first-order chi connectivity index (χ1) is 10.6. The van der Waals surface area contributed by atoms with Crippen LogP contribution in [0.4, 0.5) is 4.39 Å². The zero-order valence-corrected chi connectivity index (χ0v) is 12.1. The SMILES string of the molecule is Cc1cccc2oc(CCNC(=O)c3ccccc3F)nc12. The number of rotatable bonds is 4. The maximum Gasteiger partial charge on any atom is 0.254 e. The number of aromatic nitrogens is 1. The third kappa shape index (κ3) is 2.83. The van der Waals surface area contributed by atoms with Gasteiger partial charge in [-0.15, -0.1) is 0 Å². The van der Waals surface area contributed by atoms with Gasteiger partial charge in [-0.2, -0.15) is 0 Å². The predicted molar refractivity (Wildman–Crippen MR) is 81.2 cm³/mol. The Morgan fingerprint density at radius 3 is 2.82 bits per heavy atom. The van der Waals surface area contributed by atoms with Crippen molar-refractivity contribution in [3.63, 3.8) is 0 Å². The Morgan fingerprint density at radius 2 is 2.05 bits per heavy atom. The molecule has 3 rings (SSSR count). The van der Waals surface area contributed by atoms with Crippen LogP contribution in [-0.4, -0.2) is 17.4 Å². The van der Waals surface area contributed by atoms with Crippen LogP contribution in [0.5, 0.6) is 0 Å². The lowest BCUT2D eigenvalue weighted by molar-refractivity contribution is 0.0949. The van der Waals surface area contributed by atoms with Crippen molar-refractivity contribution in [3.05, 3.63) is 65.3 Å². The van der Waals surface area contributed by atoms with Crippen LogP contribution >= 0.6 is 0 Å². The van der Waals surface area contributed by atoms with Crippen molar-refractivity contribution in [2.45, 2.75) is 13.3 Å². The normalized spacial score (nSPS) is 10.8. The molecule has 1 amide bonds. The second kappa shape index (κ2) is 5.97. The number of hydrogen-bond acceptors (Lipinski definition) is 3. The molecule has 0 saturated heterocycles. The van der Waals surface area contributed by atoms with Gasteiger partial charge in [-0.05, 0) is 30.7 Å². The zero-order chi connectivity index (χ0) is 15.5. The molecule has 0 unspecified atom stereocenters. The highest BCUT2D eigenvalue weighted by molar-refractivity contribution is 5.94. The van der Waals surface area contributed by atoms with E-state index in [2.05, 4.69) is 10.3 Å². The maximum absolute atomic E-state index is 13.5. The van der Waals surface area contributed by atoms with E-state index in [4.69, 9.17) is 4.42 Å². The van der Waals surface area contributed by atoms with Crippen molar-refractivity contribution >= 4 is 17.0 Å². The van der Waals surface area contributed by atoms with Crippen molar-refractivity contribution in [3.8, 4) is 0 Å². The lowest BCUT2D eigenvalue weighted by Crippen LogP contribution is -2.26. The van der Waals surface area contributed by atoms with Crippen LogP contribution in [0.15, 0.2) is 46.9 Å². The summed E-state index contributed by atoms with van der Waals surface area (Å²) in [6.07, 6.45) is 0.453. The third-order valence-electron chi connectivity index (χ3n) is 3.41. The molecule has 0 aliphatic rings. The van der Waals surface area contributed by atoms with E-state index in [0.29, 0.717) is 18.9 Å². The Labute approximate surface area is 127 Å². The van der Waals surface area contributed by atoms with Gasteiger partial charge in [-0.3, -0.25) is 4.79 Å². The molecule has 22 heavy (non-hydrogen) atoms. The highest BCUT2D eigenvalue weighted by Crippen LogP contribution is 2.18. The van der Waals surface area contributed by atoms with E-state index in [-0.39, 0.29) is 5.56 Å². The summed E-state index contributed by atoms with van der Waals surface area (Å²) in [6.45, 7) is 2.30. The summed E-state index contributed by atoms with van der Waals surface area (Å²) in [5.41, 5.74) is 2.65. The molecule has 112 valence electrons. The maximum atomic E-state index is 13.5. The molecule has 1 aromatic heterocycles. The van der Waals surface area contributed by atoms with E-state index >= 15 is 0 Å². The van der Waals surface area contributed by atoms with Crippen LogP contribution in [0, 0.1) is 12.7 Å². The molecule has 5 heteroatoms. The fourth-order valence-electron chi connectivity index (χ4n) is 2.26. The molecule has 0 saturated carbocycles. The van der Waals surface area contributed by atoms with E-state index in [1.807, 2.05) is 25.1 Å². The van der Waals surface area contributed by atoms with Gasteiger partial charge in [-0.1, -0.05) is 24.3 Å². The molecular formula is C17H15FN2O2. The summed E-state index contributed by atoms with van der Waals surface area (Å²) >= 11 is 0. The molecule has 0 radical (unpaired) electrons. The van der Waals surface area contributed by atoms with Crippen LogP contribution in [0.3, 0.4) is 0 Å². The number of oxazole rings is 1. The first kappa shape index (κ1) is 14.3. The number of hydrogen-bond donors (Lipinski definition) is 1. The number of aryl methyl sites for hydroxylation is 1. The molecule has 0 atom stereocenters. The Bertz CT molecular complexity index is 826.